The standard InChI is InChI=1S/C7H11N3O2/c1-12-7(11)5-8-4-6-2-3-9-10-6/h2-3,8H,4-5H2,1H3,(H,9,10). The minimum absolute atomic E-state index is 0.218. The highest BCUT2D eigenvalue weighted by Crippen LogP contribution is 1.88. The monoisotopic (exact) mass is 169 g/mol. The Labute approximate surface area is 70.1 Å². The predicted molar refractivity (Wildman–Crippen MR) is 42.3 cm³/mol. The molecule has 1 heterocycles. The van der Waals surface area contributed by atoms with Gasteiger partial charge in [-0.3, -0.25) is 9.89 Å². The molecule has 0 aliphatic carbocycles. The number of nitrogens with zero attached hydrogens (tertiary/aromatic N) is 1. The average molecular weight is 169 g/mol. The van der Waals surface area contributed by atoms with Gasteiger partial charge >= 0.3 is 5.97 Å². The van der Waals surface area contributed by atoms with E-state index in [4.69, 9.17) is 0 Å². The van der Waals surface area contributed by atoms with E-state index in [1.165, 1.54) is 7.11 Å². The van der Waals surface area contributed by atoms with Gasteiger partial charge in [-0.25, -0.2) is 0 Å². The van der Waals surface area contributed by atoms with Gasteiger partial charge in [0.1, 0.15) is 0 Å². The van der Waals surface area contributed by atoms with Crippen molar-refractivity contribution in [2.75, 3.05) is 13.7 Å². The van der Waals surface area contributed by atoms with Gasteiger partial charge in [-0.15, -0.1) is 0 Å². The number of esters is 1. The van der Waals surface area contributed by atoms with E-state index in [2.05, 4.69) is 20.3 Å². The van der Waals surface area contributed by atoms with Crippen LogP contribution in [0.4, 0.5) is 0 Å². The summed E-state index contributed by atoms with van der Waals surface area (Å²) in [6.45, 7) is 0.810. The van der Waals surface area contributed by atoms with Gasteiger partial charge in [0.05, 0.1) is 13.7 Å². The van der Waals surface area contributed by atoms with E-state index in [0.29, 0.717) is 6.54 Å². The Kier molecular flexibility index (Phi) is 3.28. The van der Waals surface area contributed by atoms with Crippen molar-refractivity contribution in [1.82, 2.24) is 15.5 Å². The molecule has 0 saturated carbocycles. The maximum atomic E-state index is 10.6. The Morgan fingerprint density at radius 3 is 3.25 bits per heavy atom. The number of aromatic amines is 1. The smallest absolute Gasteiger partial charge is 0.319 e. The zero-order chi connectivity index (χ0) is 8.81. The van der Waals surface area contributed by atoms with E-state index >= 15 is 0 Å². The summed E-state index contributed by atoms with van der Waals surface area (Å²) in [6, 6.07) is 1.84. The van der Waals surface area contributed by atoms with Crippen LogP contribution in [0, 0.1) is 0 Å². The van der Waals surface area contributed by atoms with E-state index < -0.39 is 0 Å². The van der Waals surface area contributed by atoms with Crippen molar-refractivity contribution in [3.63, 3.8) is 0 Å². The summed E-state index contributed by atoms with van der Waals surface area (Å²) in [7, 11) is 1.36. The molecular formula is C7H11N3O2. The highest BCUT2D eigenvalue weighted by atomic mass is 16.5. The second-order valence-corrected chi connectivity index (χ2v) is 2.26. The van der Waals surface area contributed by atoms with Crippen LogP contribution in [-0.4, -0.2) is 29.8 Å². The molecule has 0 amide bonds. The van der Waals surface area contributed by atoms with E-state index in [1.54, 1.807) is 6.20 Å². The molecule has 0 bridgehead atoms. The minimum atomic E-state index is -0.269. The first-order valence-electron chi connectivity index (χ1n) is 3.58. The zero-order valence-electron chi connectivity index (χ0n) is 6.83. The van der Waals surface area contributed by atoms with Gasteiger partial charge < -0.3 is 10.1 Å². The first-order valence-corrected chi connectivity index (χ1v) is 3.58. The largest absolute Gasteiger partial charge is 0.468 e. The van der Waals surface area contributed by atoms with Crippen LogP contribution in [0.15, 0.2) is 12.3 Å². The number of carbonyl (C=O) groups excluding carboxylic acids is 1. The van der Waals surface area contributed by atoms with E-state index in [1.807, 2.05) is 6.07 Å². The molecule has 0 aromatic carbocycles. The molecule has 1 rings (SSSR count). The Balaban J connectivity index is 2.15. The van der Waals surface area contributed by atoms with Crippen LogP contribution in [0.5, 0.6) is 0 Å². The van der Waals surface area contributed by atoms with Crippen LogP contribution < -0.4 is 5.32 Å². The second-order valence-electron chi connectivity index (χ2n) is 2.26. The number of carbonyl (C=O) groups is 1. The molecule has 12 heavy (non-hydrogen) atoms. The SMILES string of the molecule is COC(=O)CNCc1ccn[nH]1. The van der Waals surface area contributed by atoms with Gasteiger partial charge in [-0.05, 0) is 6.07 Å². The van der Waals surface area contributed by atoms with Gasteiger partial charge in [0.25, 0.3) is 0 Å². The molecule has 0 atom stereocenters. The third-order valence-electron chi connectivity index (χ3n) is 1.37. The normalized spacial score (nSPS) is 9.75. The van der Waals surface area contributed by atoms with Crippen molar-refractivity contribution < 1.29 is 9.53 Å². The van der Waals surface area contributed by atoms with Crippen molar-refractivity contribution in [2.45, 2.75) is 6.54 Å². The van der Waals surface area contributed by atoms with Gasteiger partial charge in [0.15, 0.2) is 0 Å². The Hall–Kier alpha value is -1.36. The third kappa shape index (κ3) is 2.71. The number of H-pyrrole nitrogens is 1. The lowest BCUT2D eigenvalue weighted by Crippen LogP contribution is -2.23. The molecule has 0 aliphatic rings. The van der Waals surface area contributed by atoms with Crippen LogP contribution in [0.2, 0.25) is 0 Å². The zero-order valence-corrected chi connectivity index (χ0v) is 6.83. The maximum absolute atomic E-state index is 10.6. The third-order valence-corrected chi connectivity index (χ3v) is 1.37. The highest BCUT2D eigenvalue weighted by Gasteiger charge is 1.98. The van der Waals surface area contributed by atoms with Crippen molar-refractivity contribution in [3.05, 3.63) is 18.0 Å². The summed E-state index contributed by atoms with van der Waals surface area (Å²) in [4.78, 5) is 10.6. The summed E-state index contributed by atoms with van der Waals surface area (Å²) < 4.78 is 4.44. The topological polar surface area (TPSA) is 67.0 Å². The van der Waals surface area contributed by atoms with Gasteiger partial charge in [0.2, 0.25) is 0 Å². The van der Waals surface area contributed by atoms with E-state index in [0.717, 1.165) is 5.69 Å². The Morgan fingerprint density at radius 1 is 1.83 bits per heavy atom. The lowest BCUT2D eigenvalue weighted by atomic mass is 10.4. The van der Waals surface area contributed by atoms with Crippen molar-refractivity contribution in [3.8, 4) is 0 Å². The molecule has 1 aromatic rings. The molecular weight excluding hydrogens is 158 g/mol. The molecule has 2 N–H and O–H groups in total. The highest BCUT2D eigenvalue weighted by molar-refractivity contribution is 5.71. The van der Waals surface area contributed by atoms with Crippen LogP contribution >= 0.6 is 0 Å². The van der Waals surface area contributed by atoms with Crippen LogP contribution in [-0.2, 0) is 16.1 Å². The quantitative estimate of drug-likeness (QED) is 0.606. The molecule has 5 nitrogen and oxygen atoms in total. The minimum Gasteiger partial charge on any atom is -0.468 e. The first-order chi connectivity index (χ1) is 5.83. The summed E-state index contributed by atoms with van der Waals surface area (Å²) in [5.41, 5.74) is 0.943. The number of hydrogen-bond donors (Lipinski definition) is 2. The molecule has 0 radical (unpaired) electrons. The van der Waals surface area contributed by atoms with Crippen LogP contribution in [0.1, 0.15) is 5.69 Å². The molecule has 0 unspecified atom stereocenters. The fourth-order valence-electron chi connectivity index (χ4n) is 0.755. The van der Waals surface area contributed by atoms with E-state index in [9.17, 15) is 4.79 Å². The van der Waals surface area contributed by atoms with Gasteiger partial charge in [-0.1, -0.05) is 0 Å². The molecule has 1 aromatic heterocycles. The number of ether oxygens (including phenoxy) is 1. The fourth-order valence-corrected chi connectivity index (χ4v) is 0.755. The molecule has 66 valence electrons. The first kappa shape index (κ1) is 8.73. The molecule has 0 spiro atoms. The Bertz CT molecular complexity index is 233. The van der Waals surface area contributed by atoms with Crippen molar-refractivity contribution >= 4 is 5.97 Å². The lowest BCUT2D eigenvalue weighted by Gasteiger charge is -2.00. The molecule has 0 aliphatic heterocycles. The summed E-state index contributed by atoms with van der Waals surface area (Å²) >= 11 is 0. The average Bonchev–Trinajstić information content (AvgIpc) is 2.57. The summed E-state index contributed by atoms with van der Waals surface area (Å²) in [5.74, 6) is -0.269. The van der Waals surface area contributed by atoms with Crippen molar-refractivity contribution in [1.29, 1.82) is 0 Å². The lowest BCUT2D eigenvalue weighted by molar-refractivity contribution is -0.139. The van der Waals surface area contributed by atoms with Crippen molar-refractivity contribution in [2.24, 2.45) is 0 Å². The number of nitrogens with one attached hydrogen (secondary N) is 2. The molecule has 0 fully saturated rings. The number of hydrogen-bond acceptors (Lipinski definition) is 4. The maximum Gasteiger partial charge on any atom is 0.319 e. The molecule has 0 saturated heterocycles. The van der Waals surface area contributed by atoms with Crippen LogP contribution in [0.3, 0.4) is 0 Å². The van der Waals surface area contributed by atoms with Gasteiger partial charge in [-0.2, -0.15) is 5.10 Å². The number of methoxy groups -OCH3 is 1. The van der Waals surface area contributed by atoms with Gasteiger partial charge in [0, 0.05) is 18.4 Å². The number of rotatable bonds is 4. The van der Waals surface area contributed by atoms with E-state index in [-0.39, 0.29) is 12.5 Å². The second kappa shape index (κ2) is 4.50. The fraction of sp³-hybridized carbons (Fsp3) is 0.429. The summed E-state index contributed by atoms with van der Waals surface area (Å²) in [5, 5.41) is 9.42. The number of aromatic nitrogens is 2. The van der Waals surface area contributed by atoms with Crippen LogP contribution in [0.25, 0.3) is 0 Å². The summed E-state index contributed by atoms with van der Waals surface area (Å²) in [6.07, 6.45) is 1.66. The molecule has 5 heteroatoms. The Morgan fingerprint density at radius 2 is 2.67 bits per heavy atom. The predicted octanol–water partition coefficient (Wildman–Crippen LogP) is -0.328.